The topological polar surface area (TPSA) is 74.2 Å². The Morgan fingerprint density at radius 2 is 2.41 bits per heavy atom. The van der Waals surface area contributed by atoms with Gasteiger partial charge in [-0.25, -0.2) is 0 Å². The summed E-state index contributed by atoms with van der Waals surface area (Å²) in [6.45, 7) is 1.41. The molecule has 0 fully saturated rings. The third-order valence-corrected chi connectivity index (χ3v) is 2.42. The van der Waals surface area contributed by atoms with Crippen LogP contribution in [0, 0.1) is 11.3 Å². The largest absolute Gasteiger partial charge is 0.482 e. The Kier molecular flexibility index (Phi) is 3.58. The fraction of sp³-hybridized carbons (Fsp3) is 0.333. The number of fused-ring (bicyclic) bond motifs is 1. The zero-order valence-electron chi connectivity index (χ0n) is 9.32. The first kappa shape index (κ1) is 11.4. The van der Waals surface area contributed by atoms with E-state index < -0.39 is 0 Å². The first-order valence-corrected chi connectivity index (χ1v) is 5.43. The van der Waals surface area contributed by atoms with Crippen molar-refractivity contribution < 1.29 is 9.53 Å². The summed E-state index contributed by atoms with van der Waals surface area (Å²) in [6.07, 6.45) is 0.491. The molecule has 2 rings (SSSR count). The lowest BCUT2D eigenvalue weighted by Crippen LogP contribution is -2.25. The summed E-state index contributed by atoms with van der Waals surface area (Å²) in [6, 6.07) is 7.73. The van der Waals surface area contributed by atoms with Crippen LogP contribution in [-0.2, 0) is 11.3 Å². The highest BCUT2D eigenvalue weighted by molar-refractivity contribution is 5.95. The van der Waals surface area contributed by atoms with E-state index in [1.165, 1.54) is 0 Å². The van der Waals surface area contributed by atoms with Crippen molar-refractivity contribution in [1.29, 1.82) is 5.26 Å². The highest BCUT2D eigenvalue weighted by Crippen LogP contribution is 2.28. The van der Waals surface area contributed by atoms with Crippen LogP contribution in [0.25, 0.3) is 0 Å². The molecule has 0 atom stereocenters. The molecule has 1 amide bonds. The van der Waals surface area contributed by atoms with Crippen molar-refractivity contribution in [2.24, 2.45) is 0 Å². The fourth-order valence-electron chi connectivity index (χ4n) is 1.62. The zero-order valence-corrected chi connectivity index (χ0v) is 9.32. The first-order valence-electron chi connectivity index (χ1n) is 5.43. The number of carbonyl (C=O) groups is 1. The van der Waals surface area contributed by atoms with E-state index in [1.807, 2.05) is 18.2 Å². The lowest BCUT2D eigenvalue weighted by Gasteiger charge is -2.18. The maximum absolute atomic E-state index is 11.1. The number of nitriles is 1. The van der Waals surface area contributed by atoms with Crippen molar-refractivity contribution in [3.63, 3.8) is 0 Å². The molecule has 0 unspecified atom stereocenters. The lowest BCUT2D eigenvalue weighted by molar-refractivity contribution is -0.118. The van der Waals surface area contributed by atoms with Gasteiger partial charge >= 0.3 is 0 Å². The molecule has 5 heteroatoms. The third-order valence-electron chi connectivity index (χ3n) is 2.42. The van der Waals surface area contributed by atoms with E-state index in [9.17, 15) is 4.79 Å². The average Bonchev–Trinajstić information content (AvgIpc) is 2.34. The summed E-state index contributed by atoms with van der Waals surface area (Å²) in [7, 11) is 0. The molecule has 2 N–H and O–H groups in total. The summed E-state index contributed by atoms with van der Waals surface area (Å²) in [4.78, 5) is 11.1. The van der Waals surface area contributed by atoms with Crippen LogP contribution in [0.2, 0.25) is 0 Å². The molecule has 0 aliphatic carbocycles. The summed E-state index contributed by atoms with van der Waals surface area (Å²) in [5, 5.41) is 14.3. The van der Waals surface area contributed by atoms with Crippen LogP contribution in [0.1, 0.15) is 12.0 Å². The minimum Gasteiger partial charge on any atom is -0.482 e. The Bertz CT molecular complexity index is 465. The minimum absolute atomic E-state index is 0.0762. The maximum Gasteiger partial charge on any atom is 0.262 e. The molecule has 5 nitrogen and oxygen atoms in total. The van der Waals surface area contributed by atoms with Crippen LogP contribution in [0.3, 0.4) is 0 Å². The Morgan fingerprint density at radius 1 is 1.53 bits per heavy atom. The number of benzene rings is 1. The first-order chi connectivity index (χ1) is 8.29. The molecular weight excluding hydrogens is 218 g/mol. The van der Waals surface area contributed by atoms with Crippen LogP contribution < -0.4 is 15.4 Å². The molecular formula is C12H13N3O2. The van der Waals surface area contributed by atoms with Gasteiger partial charge in [0.25, 0.3) is 5.91 Å². The van der Waals surface area contributed by atoms with Gasteiger partial charge in [0.15, 0.2) is 6.61 Å². The number of ether oxygens (including phenoxy) is 1. The van der Waals surface area contributed by atoms with Gasteiger partial charge in [0.05, 0.1) is 11.8 Å². The summed E-state index contributed by atoms with van der Waals surface area (Å²) >= 11 is 0. The van der Waals surface area contributed by atoms with E-state index >= 15 is 0 Å². The number of rotatable bonds is 4. The van der Waals surface area contributed by atoms with E-state index in [1.54, 1.807) is 0 Å². The Labute approximate surface area is 99.4 Å². The molecule has 88 valence electrons. The number of nitrogens with one attached hydrogen (secondary N) is 2. The van der Waals surface area contributed by atoms with Crippen molar-refractivity contribution in [3.8, 4) is 11.8 Å². The normalized spacial score (nSPS) is 13.2. The smallest absolute Gasteiger partial charge is 0.262 e. The Hall–Kier alpha value is -2.06. The Morgan fingerprint density at radius 3 is 3.24 bits per heavy atom. The zero-order chi connectivity index (χ0) is 12.1. The van der Waals surface area contributed by atoms with Gasteiger partial charge in [-0.1, -0.05) is 6.07 Å². The van der Waals surface area contributed by atoms with E-state index in [4.69, 9.17) is 10.00 Å². The molecule has 0 saturated carbocycles. The van der Waals surface area contributed by atoms with Crippen LogP contribution in [0.4, 0.5) is 5.69 Å². The molecule has 1 aromatic rings. The molecule has 1 aliphatic heterocycles. The quantitative estimate of drug-likeness (QED) is 0.759. The van der Waals surface area contributed by atoms with Crippen molar-refractivity contribution in [1.82, 2.24) is 5.32 Å². The molecule has 17 heavy (non-hydrogen) atoms. The second-order valence-electron chi connectivity index (χ2n) is 3.75. The number of hydrogen-bond acceptors (Lipinski definition) is 4. The number of anilines is 1. The van der Waals surface area contributed by atoms with E-state index in [0.717, 1.165) is 5.56 Å². The lowest BCUT2D eigenvalue weighted by atomic mass is 10.1. The SMILES string of the molecule is N#CCCNCc1ccc2c(c1)NC(=O)CO2. The second kappa shape index (κ2) is 5.32. The van der Waals surface area contributed by atoms with Gasteiger partial charge in [-0.3, -0.25) is 4.79 Å². The average molecular weight is 231 g/mol. The second-order valence-corrected chi connectivity index (χ2v) is 3.75. The van der Waals surface area contributed by atoms with E-state index in [-0.39, 0.29) is 12.5 Å². The van der Waals surface area contributed by atoms with Crippen molar-refractivity contribution in [3.05, 3.63) is 23.8 Å². The van der Waals surface area contributed by atoms with Crippen LogP contribution >= 0.6 is 0 Å². The molecule has 0 bridgehead atoms. The standard InChI is InChI=1S/C12H13N3O2/c13-4-1-5-14-7-9-2-3-11-10(6-9)15-12(16)8-17-11/h2-3,6,14H,1,5,7-8H2,(H,15,16). The van der Waals surface area contributed by atoms with E-state index in [2.05, 4.69) is 16.7 Å². The van der Waals surface area contributed by atoms with Gasteiger partial charge in [-0.2, -0.15) is 5.26 Å². The van der Waals surface area contributed by atoms with E-state index in [0.29, 0.717) is 30.9 Å². The third kappa shape index (κ3) is 2.95. The molecule has 1 aliphatic rings. The minimum atomic E-state index is -0.132. The highest BCUT2D eigenvalue weighted by atomic mass is 16.5. The van der Waals surface area contributed by atoms with Crippen LogP contribution in [0.5, 0.6) is 5.75 Å². The Balaban J connectivity index is 1.98. The van der Waals surface area contributed by atoms with Crippen LogP contribution in [-0.4, -0.2) is 19.1 Å². The monoisotopic (exact) mass is 231 g/mol. The van der Waals surface area contributed by atoms with Crippen molar-refractivity contribution in [2.75, 3.05) is 18.5 Å². The molecule has 0 radical (unpaired) electrons. The van der Waals surface area contributed by atoms with Gasteiger partial charge in [0, 0.05) is 19.5 Å². The van der Waals surface area contributed by atoms with Gasteiger partial charge in [-0.05, 0) is 17.7 Å². The summed E-state index contributed by atoms with van der Waals surface area (Å²) in [5.74, 6) is 0.567. The highest BCUT2D eigenvalue weighted by Gasteiger charge is 2.15. The number of nitrogens with zero attached hydrogens (tertiary/aromatic N) is 1. The predicted molar refractivity (Wildman–Crippen MR) is 62.5 cm³/mol. The molecule has 1 heterocycles. The number of hydrogen-bond donors (Lipinski definition) is 2. The number of amides is 1. The fourth-order valence-corrected chi connectivity index (χ4v) is 1.62. The number of carbonyl (C=O) groups excluding carboxylic acids is 1. The predicted octanol–water partition coefficient (Wildman–Crippen LogP) is 1.02. The summed E-state index contributed by atoms with van der Waals surface area (Å²) < 4.78 is 5.26. The van der Waals surface area contributed by atoms with Crippen LogP contribution in [0.15, 0.2) is 18.2 Å². The van der Waals surface area contributed by atoms with Gasteiger partial charge in [0.2, 0.25) is 0 Å². The molecule has 0 spiro atoms. The maximum atomic E-state index is 11.1. The molecule has 1 aromatic carbocycles. The molecule has 0 aromatic heterocycles. The van der Waals surface area contributed by atoms with Gasteiger partial charge < -0.3 is 15.4 Å². The molecule has 0 saturated heterocycles. The van der Waals surface area contributed by atoms with Crippen molar-refractivity contribution >= 4 is 11.6 Å². The van der Waals surface area contributed by atoms with Crippen molar-refractivity contribution in [2.45, 2.75) is 13.0 Å². The van der Waals surface area contributed by atoms with Gasteiger partial charge in [0.1, 0.15) is 5.75 Å². The summed E-state index contributed by atoms with van der Waals surface area (Å²) in [5.41, 5.74) is 1.76. The van der Waals surface area contributed by atoms with Gasteiger partial charge in [-0.15, -0.1) is 0 Å².